The Bertz CT molecular complexity index is 952. The fraction of sp³-hybridized carbons (Fsp3) is 0.318. The molecule has 28 heavy (non-hydrogen) atoms. The van der Waals surface area contributed by atoms with Crippen molar-refractivity contribution in [3.05, 3.63) is 53.6 Å². The number of hydrogen-bond donors (Lipinski definition) is 1. The number of anilines is 3. The molecular weight excluding hydrogens is 354 g/mol. The summed E-state index contributed by atoms with van der Waals surface area (Å²) in [7, 11) is 0. The van der Waals surface area contributed by atoms with Crippen LogP contribution in [0.2, 0.25) is 0 Å². The van der Waals surface area contributed by atoms with Crippen LogP contribution < -0.4 is 15.1 Å². The van der Waals surface area contributed by atoms with Crippen LogP contribution in [0.4, 0.5) is 17.1 Å². The van der Waals surface area contributed by atoms with Gasteiger partial charge in [-0.3, -0.25) is 14.4 Å². The van der Waals surface area contributed by atoms with Gasteiger partial charge in [-0.15, -0.1) is 0 Å². The Morgan fingerprint density at radius 1 is 1.11 bits per heavy atom. The van der Waals surface area contributed by atoms with Crippen molar-refractivity contribution in [3.8, 4) is 0 Å². The van der Waals surface area contributed by atoms with Crippen LogP contribution in [-0.4, -0.2) is 30.8 Å². The lowest BCUT2D eigenvalue weighted by atomic mass is 10.1. The number of aryl methyl sites for hydroxylation is 1. The molecule has 0 saturated carbocycles. The third-order valence-corrected chi connectivity index (χ3v) is 5.47. The van der Waals surface area contributed by atoms with Crippen molar-refractivity contribution < 1.29 is 14.4 Å². The summed E-state index contributed by atoms with van der Waals surface area (Å²) in [6.07, 6.45) is 0.983. The topological polar surface area (TPSA) is 69.7 Å². The quantitative estimate of drug-likeness (QED) is 0.894. The van der Waals surface area contributed by atoms with Crippen molar-refractivity contribution in [3.63, 3.8) is 0 Å². The maximum Gasteiger partial charge on any atom is 0.229 e. The molecule has 6 nitrogen and oxygen atoms in total. The van der Waals surface area contributed by atoms with Crippen molar-refractivity contribution in [1.29, 1.82) is 0 Å². The number of rotatable bonds is 3. The number of fused-ring (bicyclic) bond motifs is 1. The molecule has 144 valence electrons. The Balaban J connectivity index is 1.47. The Labute approximate surface area is 164 Å². The Hall–Kier alpha value is -3.15. The highest BCUT2D eigenvalue weighted by atomic mass is 16.2. The van der Waals surface area contributed by atoms with Crippen molar-refractivity contribution in [1.82, 2.24) is 0 Å². The molecule has 2 aliphatic rings. The molecule has 0 aliphatic carbocycles. The van der Waals surface area contributed by atoms with Crippen molar-refractivity contribution in [2.75, 3.05) is 28.2 Å². The van der Waals surface area contributed by atoms with Crippen LogP contribution in [0, 0.1) is 12.8 Å². The minimum atomic E-state index is -0.379. The van der Waals surface area contributed by atoms with Gasteiger partial charge in [0.25, 0.3) is 0 Å². The molecule has 1 fully saturated rings. The predicted octanol–water partition coefficient (Wildman–Crippen LogP) is 2.90. The summed E-state index contributed by atoms with van der Waals surface area (Å²) in [5.41, 5.74) is 4.63. The number of amides is 3. The van der Waals surface area contributed by atoms with E-state index in [0.29, 0.717) is 13.1 Å². The monoisotopic (exact) mass is 377 g/mol. The zero-order valence-electron chi connectivity index (χ0n) is 16.1. The largest absolute Gasteiger partial charge is 0.326 e. The lowest BCUT2D eigenvalue weighted by Gasteiger charge is -2.19. The van der Waals surface area contributed by atoms with Gasteiger partial charge in [-0.1, -0.05) is 17.7 Å². The number of benzene rings is 2. The van der Waals surface area contributed by atoms with Gasteiger partial charge < -0.3 is 15.1 Å². The van der Waals surface area contributed by atoms with E-state index in [0.717, 1.165) is 34.6 Å². The second-order valence-corrected chi connectivity index (χ2v) is 7.49. The van der Waals surface area contributed by atoms with E-state index >= 15 is 0 Å². The summed E-state index contributed by atoms with van der Waals surface area (Å²) in [4.78, 5) is 40.3. The van der Waals surface area contributed by atoms with Crippen LogP contribution in [0.5, 0.6) is 0 Å². The van der Waals surface area contributed by atoms with E-state index in [2.05, 4.69) is 5.32 Å². The molecule has 6 heteroatoms. The normalized spacial score (nSPS) is 18.4. The highest BCUT2D eigenvalue weighted by Crippen LogP contribution is 2.34. The molecule has 4 rings (SSSR count). The van der Waals surface area contributed by atoms with Gasteiger partial charge >= 0.3 is 0 Å². The number of carbonyl (C=O) groups is 3. The highest BCUT2D eigenvalue weighted by molar-refractivity contribution is 6.04. The van der Waals surface area contributed by atoms with Gasteiger partial charge in [0.1, 0.15) is 0 Å². The molecule has 3 amide bonds. The molecule has 0 bridgehead atoms. The molecule has 1 N–H and O–H groups in total. The summed E-state index contributed by atoms with van der Waals surface area (Å²) in [5, 5.41) is 2.90. The van der Waals surface area contributed by atoms with E-state index in [1.165, 1.54) is 0 Å². The number of nitrogens with zero attached hydrogens (tertiary/aromatic N) is 2. The van der Waals surface area contributed by atoms with Gasteiger partial charge in [0.2, 0.25) is 17.7 Å². The highest BCUT2D eigenvalue weighted by Gasteiger charge is 2.36. The fourth-order valence-corrected chi connectivity index (χ4v) is 3.90. The fourth-order valence-electron chi connectivity index (χ4n) is 3.90. The van der Waals surface area contributed by atoms with Crippen LogP contribution in [0.25, 0.3) is 0 Å². The third-order valence-electron chi connectivity index (χ3n) is 5.47. The van der Waals surface area contributed by atoms with E-state index in [-0.39, 0.29) is 30.1 Å². The molecule has 2 aliphatic heterocycles. The Morgan fingerprint density at radius 3 is 2.57 bits per heavy atom. The van der Waals surface area contributed by atoms with Crippen LogP contribution in [-0.2, 0) is 20.8 Å². The molecule has 1 unspecified atom stereocenters. The second kappa shape index (κ2) is 7.11. The SMILES string of the molecule is CC(=O)N1CCc2cc(N3CC(C(=O)Nc4ccc(C)cc4)CC3=O)ccc21. The van der Waals surface area contributed by atoms with Gasteiger partial charge in [0.05, 0.1) is 5.92 Å². The predicted molar refractivity (Wildman–Crippen MR) is 108 cm³/mol. The van der Waals surface area contributed by atoms with Crippen LogP contribution >= 0.6 is 0 Å². The lowest BCUT2D eigenvalue weighted by Crippen LogP contribution is -2.28. The smallest absolute Gasteiger partial charge is 0.229 e. The van der Waals surface area contributed by atoms with Gasteiger partial charge in [0, 0.05) is 43.5 Å². The van der Waals surface area contributed by atoms with Gasteiger partial charge in [-0.25, -0.2) is 0 Å². The molecule has 2 aromatic carbocycles. The molecule has 0 radical (unpaired) electrons. The third kappa shape index (κ3) is 3.38. The van der Waals surface area contributed by atoms with Gasteiger partial charge in [0.15, 0.2) is 0 Å². The molecule has 2 heterocycles. The Kier molecular flexibility index (Phi) is 4.63. The van der Waals surface area contributed by atoms with Crippen molar-refractivity contribution in [2.45, 2.75) is 26.7 Å². The van der Waals surface area contributed by atoms with Crippen LogP contribution in [0.3, 0.4) is 0 Å². The molecule has 0 aromatic heterocycles. The summed E-state index contributed by atoms with van der Waals surface area (Å²) in [6, 6.07) is 13.3. The number of carbonyl (C=O) groups excluding carboxylic acids is 3. The van der Waals surface area contributed by atoms with E-state index in [1.54, 1.807) is 16.7 Å². The van der Waals surface area contributed by atoms with Crippen LogP contribution in [0.1, 0.15) is 24.5 Å². The summed E-state index contributed by atoms with van der Waals surface area (Å²) in [5.74, 6) is -0.540. The van der Waals surface area contributed by atoms with E-state index in [4.69, 9.17) is 0 Å². The van der Waals surface area contributed by atoms with E-state index < -0.39 is 0 Å². The first-order chi connectivity index (χ1) is 13.4. The summed E-state index contributed by atoms with van der Waals surface area (Å²) >= 11 is 0. The molecule has 1 saturated heterocycles. The average molecular weight is 377 g/mol. The zero-order chi connectivity index (χ0) is 19.8. The average Bonchev–Trinajstić information content (AvgIpc) is 3.26. The first-order valence-electron chi connectivity index (χ1n) is 9.51. The van der Waals surface area contributed by atoms with Gasteiger partial charge in [-0.05, 0) is 49.2 Å². The number of hydrogen-bond acceptors (Lipinski definition) is 3. The summed E-state index contributed by atoms with van der Waals surface area (Å²) in [6.45, 7) is 4.59. The molecule has 1 atom stereocenters. The minimum Gasteiger partial charge on any atom is -0.326 e. The minimum absolute atomic E-state index is 0.0246. The first kappa shape index (κ1) is 18.2. The first-order valence-corrected chi connectivity index (χ1v) is 9.51. The maximum atomic E-state index is 12.6. The van der Waals surface area contributed by atoms with E-state index in [9.17, 15) is 14.4 Å². The van der Waals surface area contributed by atoms with Crippen molar-refractivity contribution in [2.24, 2.45) is 5.92 Å². The van der Waals surface area contributed by atoms with Crippen molar-refractivity contribution >= 4 is 34.8 Å². The van der Waals surface area contributed by atoms with Gasteiger partial charge in [-0.2, -0.15) is 0 Å². The molecule has 0 spiro atoms. The summed E-state index contributed by atoms with van der Waals surface area (Å²) < 4.78 is 0. The lowest BCUT2D eigenvalue weighted by molar-refractivity contribution is -0.122. The maximum absolute atomic E-state index is 12.6. The zero-order valence-corrected chi connectivity index (χ0v) is 16.1. The second-order valence-electron chi connectivity index (χ2n) is 7.49. The molecular formula is C22H23N3O3. The van der Waals surface area contributed by atoms with E-state index in [1.807, 2.05) is 49.4 Å². The number of nitrogens with one attached hydrogen (secondary N) is 1. The molecule has 2 aromatic rings. The Morgan fingerprint density at radius 2 is 1.86 bits per heavy atom. The standard InChI is InChI=1S/C22H23N3O3/c1-14-3-5-18(6-4-14)23-22(28)17-12-21(27)25(13-17)19-7-8-20-16(11-19)9-10-24(20)15(2)26/h3-8,11,17H,9-10,12-13H2,1-2H3,(H,23,28). The van der Waals surface area contributed by atoms with Crippen LogP contribution in [0.15, 0.2) is 42.5 Å².